The molecular formula is C24H26ClFN4O4. The summed E-state index contributed by atoms with van der Waals surface area (Å²) >= 11 is 5.91. The fourth-order valence-corrected chi connectivity index (χ4v) is 4.39. The van der Waals surface area contributed by atoms with Crippen molar-refractivity contribution in [1.29, 1.82) is 0 Å². The molecule has 8 nitrogen and oxygen atoms in total. The van der Waals surface area contributed by atoms with Crippen LogP contribution in [0, 0.1) is 11.7 Å². The summed E-state index contributed by atoms with van der Waals surface area (Å²) in [7, 11) is 2.90. The Morgan fingerprint density at radius 1 is 1.18 bits per heavy atom. The molecule has 34 heavy (non-hydrogen) atoms. The van der Waals surface area contributed by atoms with E-state index >= 15 is 0 Å². The van der Waals surface area contributed by atoms with E-state index in [4.69, 9.17) is 31.5 Å². The van der Waals surface area contributed by atoms with Crippen molar-refractivity contribution < 1.29 is 23.4 Å². The summed E-state index contributed by atoms with van der Waals surface area (Å²) < 4.78 is 31.0. The molecule has 3 N–H and O–H groups in total. The normalized spacial score (nSPS) is 18.9. The summed E-state index contributed by atoms with van der Waals surface area (Å²) in [6.45, 7) is 0. The van der Waals surface area contributed by atoms with E-state index in [1.165, 1.54) is 19.5 Å². The van der Waals surface area contributed by atoms with Crippen LogP contribution in [0.3, 0.4) is 0 Å². The number of carbonyl (C=O) groups is 1. The Labute approximate surface area is 201 Å². The van der Waals surface area contributed by atoms with Crippen molar-refractivity contribution in [3.05, 3.63) is 47.5 Å². The molecule has 10 heteroatoms. The van der Waals surface area contributed by atoms with Crippen LogP contribution in [0.2, 0.25) is 5.02 Å². The molecule has 0 aliphatic heterocycles. The minimum atomic E-state index is -0.626. The summed E-state index contributed by atoms with van der Waals surface area (Å²) in [5, 5.41) is 3.64. The lowest BCUT2D eigenvalue weighted by Gasteiger charge is -2.31. The van der Waals surface area contributed by atoms with Gasteiger partial charge in [-0.1, -0.05) is 17.7 Å². The second-order valence-electron chi connectivity index (χ2n) is 8.17. The molecule has 2 aromatic carbocycles. The third-order valence-electron chi connectivity index (χ3n) is 6.12. The highest BCUT2D eigenvalue weighted by Crippen LogP contribution is 2.38. The number of benzene rings is 2. The van der Waals surface area contributed by atoms with Crippen molar-refractivity contribution in [2.45, 2.75) is 37.8 Å². The maximum atomic E-state index is 14.4. The number of nitrogens with two attached hydrogens (primary N) is 1. The maximum Gasteiger partial charge on any atom is 0.322 e. The summed E-state index contributed by atoms with van der Waals surface area (Å²) in [5.74, 6) is 0.563. The first-order chi connectivity index (χ1) is 16.4. The summed E-state index contributed by atoms with van der Waals surface area (Å²) in [6, 6.07) is 7.61. The molecular weight excluding hydrogens is 463 g/mol. The molecule has 1 heterocycles. The fourth-order valence-electron chi connectivity index (χ4n) is 4.22. The number of carbonyl (C=O) groups excluding carboxylic acids is 1. The molecule has 1 aromatic heterocycles. The third kappa shape index (κ3) is 5.00. The lowest BCUT2D eigenvalue weighted by molar-refractivity contribution is -0.144. The van der Waals surface area contributed by atoms with Gasteiger partial charge in [-0.3, -0.25) is 4.79 Å². The first-order valence-electron chi connectivity index (χ1n) is 10.9. The molecule has 0 saturated heterocycles. The smallest absolute Gasteiger partial charge is 0.322 e. The second kappa shape index (κ2) is 10.4. The minimum Gasteiger partial charge on any atom is -0.493 e. The van der Waals surface area contributed by atoms with E-state index in [-0.39, 0.29) is 22.7 Å². The Balaban J connectivity index is 1.57. The van der Waals surface area contributed by atoms with Gasteiger partial charge >= 0.3 is 5.97 Å². The number of rotatable bonds is 7. The first-order valence-corrected chi connectivity index (χ1v) is 11.3. The SMILES string of the molecule is COC(=O)[C@H](N)C1CCC(Oc2cc3c(Nc4cccc(Cl)c4F)ncnc3cc2OC)CC1. The summed E-state index contributed by atoms with van der Waals surface area (Å²) in [4.78, 5) is 20.3. The van der Waals surface area contributed by atoms with E-state index in [0.717, 1.165) is 25.7 Å². The van der Waals surface area contributed by atoms with Crippen LogP contribution in [0.1, 0.15) is 25.7 Å². The lowest BCUT2D eigenvalue weighted by atomic mass is 9.83. The Bertz CT molecular complexity index is 1190. The summed E-state index contributed by atoms with van der Waals surface area (Å²) in [5.41, 5.74) is 6.83. The van der Waals surface area contributed by atoms with Crippen LogP contribution < -0.4 is 20.5 Å². The van der Waals surface area contributed by atoms with Crippen molar-refractivity contribution in [3.63, 3.8) is 0 Å². The largest absolute Gasteiger partial charge is 0.493 e. The number of esters is 1. The Morgan fingerprint density at radius 3 is 2.65 bits per heavy atom. The van der Waals surface area contributed by atoms with E-state index < -0.39 is 17.8 Å². The third-order valence-corrected chi connectivity index (χ3v) is 6.41. The molecule has 1 atom stereocenters. The van der Waals surface area contributed by atoms with Crippen molar-refractivity contribution >= 4 is 40.0 Å². The molecule has 0 spiro atoms. The second-order valence-corrected chi connectivity index (χ2v) is 8.58. The zero-order valence-corrected chi connectivity index (χ0v) is 19.6. The molecule has 4 rings (SSSR count). The average Bonchev–Trinajstić information content (AvgIpc) is 2.86. The van der Waals surface area contributed by atoms with E-state index in [0.29, 0.717) is 28.2 Å². The number of halogens is 2. The highest BCUT2D eigenvalue weighted by atomic mass is 35.5. The van der Waals surface area contributed by atoms with Crippen molar-refractivity contribution in [2.75, 3.05) is 19.5 Å². The molecule has 1 fully saturated rings. The highest BCUT2D eigenvalue weighted by molar-refractivity contribution is 6.31. The number of fused-ring (bicyclic) bond motifs is 1. The van der Waals surface area contributed by atoms with Gasteiger partial charge < -0.3 is 25.3 Å². The molecule has 0 radical (unpaired) electrons. The minimum absolute atomic E-state index is 0.0107. The van der Waals surface area contributed by atoms with Gasteiger partial charge in [0.2, 0.25) is 0 Å². The number of aromatic nitrogens is 2. The number of nitrogens with zero attached hydrogens (tertiary/aromatic N) is 2. The van der Waals surface area contributed by atoms with Crippen molar-refractivity contribution in [2.24, 2.45) is 11.7 Å². The Morgan fingerprint density at radius 2 is 1.94 bits per heavy atom. The van der Waals surface area contributed by atoms with Gasteiger partial charge in [-0.2, -0.15) is 0 Å². The van der Waals surface area contributed by atoms with Crippen molar-refractivity contribution in [3.8, 4) is 11.5 Å². The molecule has 0 bridgehead atoms. The van der Waals surface area contributed by atoms with Gasteiger partial charge in [0.1, 0.15) is 18.2 Å². The molecule has 3 aromatic rings. The van der Waals surface area contributed by atoms with Crippen LogP contribution in [-0.4, -0.2) is 42.3 Å². The monoisotopic (exact) mass is 488 g/mol. The van der Waals surface area contributed by atoms with Gasteiger partial charge in [0.15, 0.2) is 17.3 Å². The molecule has 1 aliphatic carbocycles. The van der Waals surface area contributed by atoms with Crippen molar-refractivity contribution in [1.82, 2.24) is 9.97 Å². The Hall–Kier alpha value is -3.17. The van der Waals surface area contributed by atoms with E-state index in [9.17, 15) is 9.18 Å². The number of hydrogen-bond acceptors (Lipinski definition) is 8. The van der Waals surface area contributed by atoms with Crippen LogP contribution >= 0.6 is 11.6 Å². The number of nitrogens with one attached hydrogen (secondary N) is 1. The quantitative estimate of drug-likeness (QED) is 0.464. The molecule has 0 unspecified atom stereocenters. The molecule has 0 amide bonds. The standard InChI is InChI=1S/C24H26ClFN4O4/c1-32-19-11-18-15(23(29-12-28-18)30-17-5-3-4-16(25)21(17)26)10-20(19)34-14-8-6-13(7-9-14)22(27)24(31)33-2/h3-5,10-14,22H,6-9,27H2,1-2H3,(H,28,29,30)/t13?,14?,22-/m1/s1. The topological polar surface area (TPSA) is 109 Å². The van der Waals surface area contributed by atoms with Crippen LogP contribution in [0.15, 0.2) is 36.7 Å². The van der Waals surface area contributed by atoms with Gasteiger partial charge in [0.25, 0.3) is 0 Å². The molecule has 180 valence electrons. The number of methoxy groups -OCH3 is 2. The van der Waals surface area contributed by atoms with Crippen LogP contribution in [0.5, 0.6) is 11.5 Å². The van der Waals surface area contributed by atoms with E-state index in [2.05, 4.69) is 15.3 Å². The zero-order valence-electron chi connectivity index (χ0n) is 18.9. The van der Waals surface area contributed by atoms with Gasteiger partial charge in [0, 0.05) is 11.5 Å². The van der Waals surface area contributed by atoms with Gasteiger partial charge in [-0.15, -0.1) is 0 Å². The van der Waals surface area contributed by atoms with Crippen LogP contribution in [0.25, 0.3) is 10.9 Å². The fraction of sp³-hybridized carbons (Fsp3) is 0.375. The zero-order chi connectivity index (χ0) is 24.2. The van der Waals surface area contributed by atoms with E-state index in [1.807, 2.05) is 0 Å². The summed E-state index contributed by atoms with van der Waals surface area (Å²) in [6.07, 6.45) is 4.29. The average molecular weight is 489 g/mol. The molecule has 1 aliphatic rings. The van der Waals surface area contributed by atoms with Crippen LogP contribution in [0.4, 0.5) is 15.9 Å². The Kier molecular flexibility index (Phi) is 7.33. The van der Waals surface area contributed by atoms with Gasteiger partial charge in [-0.05, 0) is 49.8 Å². The maximum absolute atomic E-state index is 14.4. The number of anilines is 2. The number of hydrogen-bond donors (Lipinski definition) is 2. The lowest BCUT2D eigenvalue weighted by Crippen LogP contribution is -2.41. The van der Waals surface area contributed by atoms with Gasteiger partial charge in [0.05, 0.1) is 36.6 Å². The molecule has 1 saturated carbocycles. The predicted octanol–water partition coefficient (Wildman–Crippen LogP) is 4.61. The van der Waals surface area contributed by atoms with Gasteiger partial charge in [-0.25, -0.2) is 14.4 Å². The van der Waals surface area contributed by atoms with E-state index in [1.54, 1.807) is 31.4 Å². The predicted molar refractivity (Wildman–Crippen MR) is 127 cm³/mol. The van der Waals surface area contributed by atoms with Crippen LogP contribution in [-0.2, 0) is 9.53 Å². The number of ether oxygens (including phenoxy) is 3. The first kappa shape index (κ1) is 24.0. The highest BCUT2D eigenvalue weighted by Gasteiger charge is 2.31.